The molecule has 1 atom stereocenters. The lowest BCUT2D eigenvalue weighted by atomic mass is 10.1. The van der Waals surface area contributed by atoms with Gasteiger partial charge in [0.2, 0.25) is 0 Å². The Labute approximate surface area is 120 Å². The highest BCUT2D eigenvalue weighted by Gasteiger charge is 2.16. The predicted octanol–water partition coefficient (Wildman–Crippen LogP) is 3.50. The van der Waals surface area contributed by atoms with Crippen LogP contribution in [0.25, 0.3) is 11.0 Å². The highest BCUT2D eigenvalue weighted by atomic mass is 16.5. The van der Waals surface area contributed by atoms with Gasteiger partial charge in [-0.3, -0.25) is 0 Å². The van der Waals surface area contributed by atoms with Crippen molar-refractivity contribution in [2.45, 2.75) is 46.2 Å². The van der Waals surface area contributed by atoms with Gasteiger partial charge in [-0.2, -0.15) is 0 Å². The van der Waals surface area contributed by atoms with Crippen LogP contribution in [-0.4, -0.2) is 16.7 Å². The number of methoxy groups -OCH3 is 1. The first-order valence-corrected chi connectivity index (χ1v) is 7.36. The number of aromatic nitrogens is 2. The lowest BCUT2D eigenvalue weighted by molar-refractivity contribution is 0.415. The summed E-state index contributed by atoms with van der Waals surface area (Å²) in [4.78, 5) is 4.73. The van der Waals surface area contributed by atoms with Crippen molar-refractivity contribution in [2.24, 2.45) is 11.7 Å². The summed E-state index contributed by atoms with van der Waals surface area (Å²) < 4.78 is 7.54. The quantitative estimate of drug-likeness (QED) is 0.877. The zero-order chi connectivity index (χ0) is 14.7. The first kappa shape index (κ1) is 14.9. The molecule has 2 aromatic rings. The molecule has 4 nitrogen and oxygen atoms in total. The number of aryl methyl sites for hydroxylation is 1. The summed E-state index contributed by atoms with van der Waals surface area (Å²) in [6.45, 7) is 7.53. The van der Waals surface area contributed by atoms with Gasteiger partial charge in [0.05, 0.1) is 24.2 Å². The number of rotatable bonds is 6. The van der Waals surface area contributed by atoms with Gasteiger partial charge >= 0.3 is 0 Å². The van der Waals surface area contributed by atoms with E-state index in [0.717, 1.165) is 42.0 Å². The van der Waals surface area contributed by atoms with Crippen LogP contribution < -0.4 is 10.5 Å². The molecule has 110 valence electrons. The Bertz CT molecular complexity index is 574. The van der Waals surface area contributed by atoms with E-state index in [2.05, 4.69) is 31.4 Å². The molecular weight excluding hydrogens is 250 g/mol. The fraction of sp³-hybridized carbons (Fsp3) is 0.562. The maximum absolute atomic E-state index is 6.22. The molecule has 1 unspecified atom stereocenters. The van der Waals surface area contributed by atoms with Gasteiger partial charge in [-0.1, -0.05) is 20.8 Å². The van der Waals surface area contributed by atoms with Crippen LogP contribution in [0.1, 0.15) is 45.5 Å². The standard InChI is InChI=1S/C16H25N3O/c1-5-13(17)16-18-14-10-12(20-4)6-7-15(14)19(16)9-8-11(2)3/h6-7,10-11,13H,5,8-9,17H2,1-4H3. The molecule has 0 fully saturated rings. The maximum atomic E-state index is 6.22. The highest BCUT2D eigenvalue weighted by Crippen LogP contribution is 2.25. The van der Waals surface area contributed by atoms with Gasteiger partial charge in [-0.25, -0.2) is 4.98 Å². The minimum atomic E-state index is -0.0134. The van der Waals surface area contributed by atoms with E-state index < -0.39 is 0 Å². The van der Waals surface area contributed by atoms with Crippen LogP contribution in [0.3, 0.4) is 0 Å². The van der Waals surface area contributed by atoms with Gasteiger partial charge in [0.15, 0.2) is 0 Å². The molecule has 1 aromatic heterocycles. The Balaban J connectivity index is 2.48. The number of hydrogen-bond acceptors (Lipinski definition) is 3. The number of benzene rings is 1. The van der Waals surface area contributed by atoms with Crippen molar-refractivity contribution < 1.29 is 4.74 Å². The van der Waals surface area contributed by atoms with E-state index >= 15 is 0 Å². The topological polar surface area (TPSA) is 53.1 Å². The van der Waals surface area contributed by atoms with E-state index in [4.69, 9.17) is 15.5 Å². The Morgan fingerprint density at radius 2 is 2.10 bits per heavy atom. The smallest absolute Gasteiger partial charge is 0.126 e. The maximum Gasteiger partial charge on any atom is 0.126 e. The Morgan fingerprint density at radius 3 is 2.70 bits per heavy atom. The number of nitrogens with two attached hydrogens (primary N) is 1. The normalized spacial score (nSPS) is 13.1. The molecule has 0 saturated carbocycles. The van der Waals surface area contributed by atoms with Gasteiger partial charge in [0, 0.05) is 12.6 Å². The summed E-state index contributed by atoms with van der Waals surface area (Å²) in [5, 5.41) is 0. The Morgan fingerprint density at radius 1 is 1.35 bits per heavy atom. The molecule has 0 amide bonds. The third kappa shape index (κ3) is 2.96. The van der Waals surface area contributed by atoms with Crippen molar-refractivity contribution in [3.63, 3.8) is 0 Å². The van der Waals surface area contributed by atoms with Crippen LogP contribution in [0.15, 0.2) is 18.2 Å². The molecular formula is C16H25N3O. The molecule has 2 rings (SSSR count). The van der Waals surface area contributed by atoms with Crippen LogP contribution in [0.5, 0.6) is 5.75 Å². The molecule has 0 bridgehead atoms. The molecule has 0 aliphatic heterocycles. The summed E-state index contributed by atoms with van der Waals surface area (Å²) in [6, 6.07) is 6.03. The molecule has 0 aliphatic carbocycles. The van der Waals surface area contributed by atoms with Crippen LogP contribution in [0.4, 0.5) is 0 Å². The number of ether oxygens (including phenoxy) is 1. The van der Waals surface area contributed by atoms with E-state index in [1.165, 1.54) is 0 Å². The molecule has 0 radical (unpaired) electrons. The van der Waals surface area contributed by atoms with Crippen molar-refractivity contribution in [3.05, 3.63) is 24.0 Å². The van der Waals surface area contributed by atoms with Crippen LogP contribution in [0, 0.1) is 5.92 Å². The molecule has 1 heterocycles. The van der Waals surface area contributed by atoms with Gasteiger partial charge in [0.25, 0.3) is 0 Å². The van der Waals surface area contributed by atoms with E-state index in [1.807, 2.05) is 12.1 Å². The van der Waals surface area contributed by atoms with Crippen LogP contribution in [-0.2, 0) is 6.54 Å². The number of fused-ring (bicyclic) bond motifs is 1. The third-order valence-electron chi connectivity index (χ3n) is 3.69. The molecule has 2 N–H and O–H groups in total. The Kier molecular flexibility index (Phi) is 4.65. The average Bonchev–Trinajstić information content (AvgIpc) is 2.81. The summed E-state index contributed by atoms with van der Waals surface area (Å²) in [5.74, 6) is 2.48. The fourth-order valence-corrected chi connectivity index (χ4v) is 2.34. The zero-order valence-corrected chi connectivity index (χ0v) is 12.9. The van der Waals surface area contributed by atoms with Crippen LogP contribution >= 0.6 is 0 Å². The van der Waals surface area contributed by atoms with Crippen molar-refractivity contribution in [1.82, 2.24) is 9.55 Å². The molecule has 0 spiro atoms. The van der Waals surface area contributed by atoms with Crippen molar-refractivity contribution in [1.29, 1.82) is 0 Å². The lowest BCUT2D eigenvalue weighted by Crippen LogP contribution is -2.16. The number of hydrogen-bond donors (Lipinski definition) is 1. The minimum absolute atomic E-state index is 0.0134. The van der Waals surface area contributed by atoms with Gasteiger partial charge in [0.1, 0.15) is 11.6 Å². The van der Waals surface area contributed by atoms with Crippen molar-refractivity contribution >= 4 is 11.0 Å². The van der Waals surface area contributed by atoms with Crippen molar-refractivity contribution in [3.8, 4) is 5.75 Å². The summed E-state index contributed by atoms with van der Waals surface area (Å²) >= 11 is 0. The summed E-state index contributed by atoms with van der Waals surface area (Å²) in [7, 11) is 1.68. The highest BCUT2D eigenvalue weighted by molar-refractivity contribution is 5.78. The monoisotopic (exact) mass is 275 g/mol. The second-order valence-electron chi connectivity index (χ2n) is 5.67. The molecule has 0 saturated heterocycles. The number of imidazole rings is 1. The van der Waals surface area contributed by atoms with Gasteiger partial charge < -0.3 is 15.0 Å². The van der Waals surface area contributed by atoms with E-state index in [9.17, 15) is 0 Å². The van der Waals surface area contributed by atoms with Gasteiger partial charge in [-0.15, -0.1) is 0 Å². The SMILES string of the molecule is CCC(N)c1nc2cc(OC)ccc2n1CCC(C)C. The first-order valence-electron chi connectivity index (χ1n) is 7.36. The second-order valence-corrected chi connectivity index (χ2v) is 5.67. The van der Waals surface area contributed by atoms with Crippen molar-refractivity contribution in [2.75, 3.05) is 7.11 Å². The molecule has 20 heavy (non-hydrogen) atoms. The molecule has 0 aliphatic rings. The fourth-order valence-electron chi connectivity index (χ4n) is 2.34. The zero-order valence-electron chi connectivity index (χ0n) is 12.9. The van der Waals surface area contributed by atoms with E-state index in [1.54, 1.807) is 7.11 Å². The average molecular weight is 275 g/mol. The molecule has 4 heteroatoms. The summed E-state index contributed by atoms with van der Waals surface area (Å²) in [5.41, 5.74) is 8.33. The van der Waals surface area contributed by atoms with E-state index in [-0.39, 0.29) is 6.04 Å². The van der Waals surface area contributed by atoms with Gasteiger partial charge in [-0.05, 0) is 30.9 Å². The number of nitrogens with zero attached hydrogens (tertiary/aromatic N) is 2. The third-order valence-corrected chi connectivity index (χ3v) is 3.69. The lowest BCUT2D eigenvalue weighted by Gasteiger charge is -2.14. The van der Waals surface area contributed by atoms with Crippen LogP contribution in [0.2, 0.25) is 0 Å². The van der Waals surface area contributed by atoms with E-state index in [0.29, 0.717) is 5.92 Å². The Hall–Kier alpha value is -1.55. The minimum Gasteiger partial charge on any atom is -0.497 e. The summed E-state index contributed by atoms with van der Waals surface area (Å²) in [6.07, 6.45) is 2.02. The predicted molar refractivity (Wildman–Crippen MR) is 83.0 cm³/mol. The first-order chi connectivity index (χ1) is 9.56. The molecule has 1 aromatic carbocycles. The largest absolute Gasteiger partial charge is 0.497 e. The second kappa shape index (κ2) is 6.27.